The lowest BCUT2D eigenvalue weighted by Gasteiger charge is -2.36. The van der Waals surface area contributed by atoms with Crippen molar-refractivity contribution >= 4 is 5.97 Å². The average Bonchev–Trinajstić information content (AvgIpc) is 3.42. The van der Waals surface area contributed by atoms with Crippen LogP contribution in [0.1, 0.15) is 37.7 Å². The predicted molar refractivity (Wildman–Crippen MR) is 109 cm³/mol. The Morgan fingerprint density at radius 3 is 2.29 bits per heavy atom. The molecule has 4 rings (SSSR count). The van der Waals surface area contributed by atoms with Gasteiger partial charge in [-0.05, 0) is 49.4 Å². The van der Waals surface area contributed by atoms with Crippen molar-refractivity contribution in [2.75, 3.05) is 13.1 Å². The van der Waals surface area contributed by atoms with Crippen molar-refractivity contribution in [1.29, 1.82) is 0 Å². The van der Waals surface area contributed by atoms with E-state index in [1.54, 1.807) is 12.1 Å². The van der Waals surface area contributed by atoms with E-state index in [1.165, 1.54) is 5.56 Å². The second kappa shape index (κ2) is 8.46. The molecule has 2 atom stereocenters. The van der Waals surface area contributed by atoms with E-state index in [2.05, 4.69) is 29.2 Å². The number of rotatable bonds is 6. The van der Waals surface area contributed by atoms with Gasteiger partial charge in [-0.25, -0.2) is 4.79 Å². The summed E-state index contributed by atoms with van der Waals surface area (Å²) < 4.78 is 5.65. The van der Waals surface area contributed by atoms with Crippen molar-refractivity contribution < 1.29 is 14.6 Å². The summed E-state index contributed by atoms with van der Waals surface area (Å²) in [4.78, 5) is 15.5. The Morgan fingerprint density at radius 1 is 0.964 bits per heavy atom. The third-order valence-corrected chi connectivity index (χ3v) is 6.40. The lowest BCUT2D eigenvalue weighted by Crippen LogP contribution is -2.54. The number of likely N-dealkylation sites (tertiary alicyclic amines) is 1. The van der Waals surface area contributed by atoms with E-state index in [1.807, 2.05) is 24.3 Å². The van der Waals surface area contributed by atoms with Crippen molar-refractivity contribution in [3.8, 4) is 5.75 Å². The summed E-state index contributed by atoms with van der Waals surface area (Å²) in [7, 11) is 0. The van der Waals surface area contributed by atoms with Crippen molar-refractivity contribution in [1.82, 2.24) is 4.90 Å². The third-order valence-electron chi connectivity index (χ3n) is 6.40. The molecule has 2 fully saturated rings. The van der Waals surface area contributed by atoms with E-state index in [0.717, 1.165) is 51.7 Å². The van der Waals surface area contributed by atoms with Crippen LogP contribution >= 0.6 is 0 Å². The Labute approximate surface area is 167 Å². The molecule has 28 heavy (non-hydrogen) atoms. The van der Waals surface area contributed by atoms with Crippen LogP contribution in [0.5, 0.6) is 5.75 Å². The molecule has 2 aromatic rings. The molecule has 0 aromatic heterocycles. The zero-order valence-electron chi connectivity index (χ0n) is 16.3. The molecule has 2 aromatic carbocycles. The van der Waals surface area contributed by atoms with Crippen molar-refractivity contribution in [3.05, 3.63) is 66.2 Å². The summed E-state index contributed by atoms with van der Waals surface area (Å²) >= 11 is 0. The Bertz CT molecular complexity index is 773. The quantitative estimate of drug-likeness (QED) is 0.608. The maximum absolute atomic E-state index is 13.2. The number of nitrogens with zero attached hydrogens (tertiary/aromatic N) is 1. The minimum Gasteiger partial charge on any atom is -0.424 e. The summed E-state index contributed by atoms with van der Waals surface area (Å²) in [5.41, 5.74) is -0.142. The number of esters is 1. The highest BCUT2D eigenvalue weighted by Crippen LogP contribution is 2.43. The highest BCUT2D eigenvalue weighted by molar-refractivity contribution is 5.82. The maximum atomic E-state index is 13.2. The SMILES string of the molecule is O=C(Oc1ccccc1)C(O)(C1CCCC1)[C@H]1CCN(Cc2ccccc2)C1. The summed E-state index contributed by atoms with van der Waals surface area (Å²) in [6, 6.07) is 19.5. The lowest BCUT2D eigenvalue weighted by atomic mass is 9.75. The minimum absolute atomic E-state index is 0.00890. The largest absolute Gasteiger partial charge is 0.424 e. The summed E-state index contributed by atoms with van der Waals surface area (Å²) in [5, 5.41) is 11.7. The van der Waals surface area contributed by atoms with E-state index in [-0.39, 0.29) is 11.8 Å². The second-order valence-corrected chi connectivity index (χ2v) is 8.22. The van der Waals surface area contributed by atoms with Gasteiger partial charge in [0.1, 0.15) is 5.75 Å². The number of hydrogen-bond donors (Lipinski definition) is 1. The monoisotopic (exact) mass is 379 g/mol. The van der Waals surface area contributed by atoms with Gasteiger partial charge in [0.2, 0.25) is 0 Å². The number of carbonyl (C=O) groups excluding carboxylic acids is 1. The summed E-state index contributed by atoms with van der Waals surface area (Å²) in [6.07, 6.45) is 4.77. The highest BCUT2D eigenvalue weighted by Gasteiger charge is 2.53. The fourth-order valence-corrected chi connectivity index (χ4v) is 4.89. The molecule has 4 nitrogen and oxygen atoms in total. The second-order valence-electron chi connectivity index (χ2n) is 8.22. The molecule has 1 saturated carbocycles. The average molecular weight is 380 g/mol. The van der Waals surface area contributed by atoms with Crippen molar-refractivity contribution in [3.63, 3.8) is 0 Å². The van der Waals surface area contributed by atoms with Gasteiger partial charge in [-0.1, -0.05) is 61.4 Å². The van der Waals surface area contributed by atoms with Crippen LogP contribution in [0.25, 0.3) is 0 Å². The van der Waals surface area contributed by atoms with Gasteiger partial charge in [0.25, 0.3) is 0 Å². The van der Waals surface area contributed by atoms with Crippen LogP contribution in [0.3, 0.4) is 0 Å². The molecule has 0 amide bonds. The zero-order valence-corrected chi connectivity index (χ0v) is 16.3. The molecule has 4 heteroatoms. The van der Waals surface area contributed by atoms with Gasteiger partial charge in [-0.15, -0.1) is 0 Å². The maximum Gasteiger partial charge on any atom is 0.344 e. The normalized spacial score (nSPS) is 22.8. The molecule has 0 radical (unpaired) electrons. The van der Waals surface area contributed by atoms with Crippen molar-refractivity contribution in [2.24, 2.45) is 11.8 Å². The number of carbonyl (C=O) groups is 1. The van der Waals surface area contributed by atoms with Gasteiger partial charge in [0.15, 0.2) is 5.60 Å². The zero-order chi connectivity index (χ0) is 19.4. The first-order valence-corrected chi connectivity index (χ1v) is 10.4. The lowest BCUT2D eigenvalue weighted by molar-refractivity contribution is -0.169. The van der Waals surface area contributed by atoms with E-state index < -0.39 is 11.6 Å². The number of hydrogen-bond acceptors (Lipinski definition) is 4. The van der Waals surface area contributed by atoms with Crippen LogP contribution in [-0.2, 0) is 11.3 Å². The Morgan fingerprint density at radius 2 is 1.61 bits per heavy atom. The standard InChI is InChI=1S/C24H29NO3/c26-23(28-22-13-5-2-6-14-22)24(27,20-11-7-8-12-20)21-15-16-25(18-21)17-19-9-3-1-4-10-19/h1-6,9-10,13-14,20-21,27H,7-8,11-12,15-18H2/t21-,24?/m0/s1. The fraction of sp³-hybridized carbons (Fsp3) is 0.458. The topological polar surface area (TPSA) is 49.8 Å². The molecule has 1 aliphatic heterocycles. The number of benzene rings is 2. The van der Waals surface area contributed by atoms with E-state index in [9.17, 15) is 9.90 Å². The van der Waals surface area contributed by atoms with Crippen LogP contribution in [0.4, 0.5) is 0 Å². The molecule has 2 aliphatic rings. The van der Waals surface area contributed by atoms with Gasteiger partial charge in [-0.3, -0.25) is 4.90 Å². The Kier molecular flexibility index (Phi) is 5.79. The van der Waals surface area contributed by atoms with E-state index in [0.29, 0.717) is 5.75 Å². The van der Waals surface area contributed by atoms with Gasteiger partial charge in [-0.2, -0.15) is 0 Å². The highest BCUT2D eigenvalue weighted by atomic mass is 16.6. The molecular weight excluding hydrogens is 350 g/mol. The van der Waals surface area contributed by atoms with Gasteiger partial charge in [0, 0.05) is 19.0 Å². The Balaban J connectivity index is 1.50. The molecule has 1 aliphatic carbocycles. The number of para-hydroxylation sites is 1. The van der Waals surface area contributed by atoms with Crippen molar-refractivity contribution in [2.45, 2.75) is 44.2 Å². The molecule has 0 bridgehead atoms. The predicted octanol–water partition coefficient (Wildman–Crippen LogP) is 4.04. The molecule has 1 unspecified atom stereocenters. The van der Waals surface area contributed by atoms with Crippen LogP contribution in [0, 0.1) is 11.8 Å². The van der Waals surface area contributed by atoms with Crippen LogP contribution in [-0.4, -0.2) is 34.7 Å². The third kappa shape index (κ3) is 3.98. The molecule has 0 spiro atoms. The van der Waals surface area contributed by atoms with E-state index in [4.69, 9.17) is 4.74 Å². The molecule has 1 N–H and O–H groups in total. The van der Waals surface area contributed by atoms with Gasteiger partial charge in [0.05, 0.1) is 0 Å². The van der Waals surface area contributed by atoms with Gasteiger partial charge >= 0.3 is 5.97 Å². The first-order chi connectivity index (χ1) is 13.7. The minimum atomic E-state index is -1.40. The first kappa shape index (κ1) is 19.2. The molecule has 1 heterocycles. The molecule has 148 valence electrons. The smallest absolute Gasteiger partial charge is 0.344 e. The summed E-state index contributed by atoms with van der Waals surface area (Å²) in [6.45, 7) is 2.48. The summed E-state index contributed by atoms with van der Waals surface area (Å²) in [5.74, 6) is -0.0684. The first-order valence-electron chi connectivity index (χ1n) is 10.4. The van der Waals surface area contributed by atoms with E-state index >= 15 is 0 Å². The van der Waals surface area contributed by atoms with Crippen LogP contribution in [0.2, 0.25) is 0 Å². The van der Waals surface area contributed by atoms with Gasteiger partial charge < -0.3 is 9.84 Å². The number of ether oxygens (including phenoxy) is 1. The Hall–Kier alpha value is -2.17. The molecular formula is C24H29NO3. The fourth-order valence-electron chi connectivity index (χ4n) is 4.89. The van der Waals surface area contributed by atoms with Crippen LogP contribution < -0.4 is 4.74 Å². The number of aliphatic hydroxyl groups is 1. The molecule has 1 saturated heterocycles. The van der Waals surface area contributed by atoms with Crippen LogP contribution in [0.15, 0.2) is 60.7 Å².